The van der Waals surface area contributed by atoms with Gasteiger partial charge in [-0.05, 0) is 24.8 Å². The van der Waals surface area contributed by atoms with Crippen LogP contribution in [0.4, 0.5) is 0 Å². The molecule has 1 aromatic heterocycles. The zero-order chi connectivity index (χ0) is 8.97. The molecule has 2 nitrogen and oxygen atoms in total. The Morgan fingerprint density at radius 3 is 2.92 bits per heavy atom. The molecule has 0 amide bonds. The lowest BCUT2D eigenvalue weighted by Crippen LogP contribution is -2.26. The van der Waals surface area contributed by atoms with Gasteiger partial charge in [-0.3, -0.25) is 0 Å². The van der Waals surface area contributed by atoms with Crippen molar-refractivity contribution in [3.05, 3.63) is 17.0 Å². The largest absolute Gasteiger partial charge is 0.395 e. The Bertz CT molecular complexity index is 237. The van der Waals surface area contributed by atoms with Crippen molar-refractivity contribution in [2.75, 3.05) is 12.9 Å². The van der Waals surface area contributed by atoms with E-state index in [4.69, 9.17) is 10.8 Å². The fraction of sp³-hybridized carbons (Fsp3) is 0.500. The van der Waals surface area contributed by atoms with Crippen LogP contribution in [-0.4, -0.2) is 24.0 Å². The molecular formula is C8H13NOS2. The van der Waals surface area contributed by atoms with Crippen molar-refractivity contribution >= 4 is 23.1 Å². The summed E-state index contributed by atoms with van der Waals surface area (Å²) in [6.45, 7) is 0.0620. The molecule has 0 aromatic carbocycles. The Hall–Kier alpha value is -0.0300. The molecule has 0 saturated heterocycles. The SMILES string of the molecule is CSc1ccc(CC(N)CO)s1. The molecule has 0 fully saturated rings. The number of aliphatic hydroxyl groups excluding tert-OH is 1. The van der Waals surface area contributed by atoms with Crippen LogP contribution in [0, 0.1) is 0 Å². The fourth-order valence-corrected chi connectivity index (χ4v) is 2.59. The van der Waals surface area contributed by atoms with Crippen LogP contribution in [0.1, 0.15) is 4.88 Å². The van der Waals surface area contributed by atoms with E-state index in [1.165, 1.54) is 9.09 Å². The topological polar surface area (TPSA) is 46.2 Å². The smallest absolute Gasteiger partial charge is 0.0598 e. The van der Waals surface area contributed by atoms with Crippen molar-refractivity contribution in [2.24, 2.45) is 5.73 Å². The van der Waals surface area contributed by atoms with Crippen molar-refractivity contribution in [3.8, 4) is 0 Å². The van der Waals surface area contributed by atoms with E-state index >= 15 is 0 Å². The molecule has 0 spiro atoms. The lowest BCUT2D eigenvalue weighted by molar-refractivity contribution is 0.266. The van der Waals surface area contributed by atoms with Crippen LogP contribution in [0.15, 0.2) is 16.3 Å². The summed E-state index contributed by atoms with van der Waals surface area (Å²) < 4.78 is 1.30. The van der Waals surface area contributed by atoms with Crippen molar-refractivity contribution in [2.45, 2.75) is 16.7 Å². The van der Waals surface area contributed by atoms with E-state index in [9.17, 15) is 0 Å². The molecule has 1 unspecified atom stereocenters. The second kappa shape index (κ2) is 4.87. The number of thiophene rings is 1. The first kappa shape index (κ1) is 10.1. The molecule has 3 N–H and O–H groups in total. The van der Waals surface area contributed by atoms with Crippen molar-refractivity contribution < 1.29 is 5.11 Å². The normalized spacial score (nSPS) is 13.2. The maximum Gasteiger partial charge on any atom is 0.0598 e. The highest BCUT2D eigenvalue weighted by Crippen LogP contribution is 2.25. The van der Waals surface area contributed by atoms with Crippen LogP contribution in [-0.2, 0) is 6.42 Å². The molecule has 0 radical (unpaired) electrons. The van der Waals surface area contributed by atoms with Gasteiger partial charge < -0.3 is 10.8 Å². The third-order valence-corrected chi connectivity index (χ3v) is 3.73. The standard InChI is InChI=1S/C8H13NOS2/c1-11-8-3-2-7(12-8)4-6(9)5-10/h2-3,6,10H,4-5,9H2,1H3. The molecule has 68 valence electrons. The zero-order valence-electron chi connectivity index (χ0n) is 6.99. The molecule has 1 heterocycles. The van der Waals surface area contributed by atoms with Crippen LogP contribution in [0.25, 0.3) is 0 Å². The molecule has 0 aliphatic rings. The lowest BCUT2D eigenvalue weighted by atomic mass is 10.2. The van der Waals surface area contributed by atoms with Crippen LogP contribution in [0.2, 0.25) is 0 Å². The highest BCUT2D eigenvalue weighted by atomic mass is 32.2. The van der Waals surface area contributed by atoms with Crippen molar-refractivity contribution in [3.63, 3.8) is 0 Å². The monoisotopic (exact) mass is 203 g/mol. The summed E-state index contributed by atoms with van der Waals surface area (Å²) in [4.78, 5) is 1.25. The Kier molecular flexibility index (Phi) is 4.08. The summed E-state index contributed by atoms with van der Waals surface area (Å²) in [6, 6.07) is 4.05. The fourth-order valence-electron chi connectivity index (χ4n) is 0.901. The minimum atomic E-state index is -0.113. The number of aliphatic hydroxyl groups is 1. The maximum absolute atomic E-state index is 8.73. The highest BCUT2D eigenvalue weighted by Gasteiger charge is 2.04. The lowest BCUT2D eigenvalue weighted by Gasteiger charge is -2.04. The van der Waals surface area contributed by atoms with Crippen molar-refractivity contribution in [1.29, 1.82) is 0 Å². The summed E-state index contributed by atoms with van der Waals surface area (Å²) in [5.41, 5.74) is 5.61. The third-order valence-electron chi connectivity index (χ3n) is 1.54. The minimum Gasteiger partial charge on any atom is -0.395 e. The van der Waals surface area contributed by atoms with Gasteiger partial charge in [0.25, 0.3) is 0 Å². The third kappa shape index (κ3) is 2.79. The second-order valence-corrected chi connectivity index (χ2v) is 4.85. The van der Waals surface area contributed by atoms with Crippen LogP contribution in [0.3, 0.4) is 0 Å². The maximum atomic E-state index is 8.73. The molecule has 12 heavy (non-hydrogen) atoms. The predicted molar refractivity (Wildman–Crippen MR) is 54.9 cm³/mol. The molecule has 4 heteroatoms. The average molecular weight is 203 g/mol. The molecular weight excluding hydrogens is 190 g/mol. The van der Waals surface area contributed by atoms with Gasteiger partial charge >= 0.3 is 0 Å². The Morgan fingerprint density at radius 2 is 2.42 bits per heavy atom. The van der Waals surface area contributed by atoms with Gasteiger partial charge in [-0.25, -0.2) is 0 Å². The summed E-state index contributed by atoms with van der Waals surface area (Å²) in [7, 11) is 0. The molecule has 1 rings (SSSR count). The predicted octanol–water partition coefficient (Wildman–Crippen LogP) is 1.33. The van der Waals surface area contributed by atoms with E-state index in [1.54, 1.807) is 23.1 Å². The molecule has 0 bridgehead atoms. The molecule has 1 aromatic rings. The van der Waals surface area contributed by atoms with Crippen LogP contribution < -0.4 is 5.73 Å². The van der Waals surface area contributed by atoms with Gasteiger partial charge in [0, 0.05) is 10.9 Å². The van der Waals surface area contributed by atoms with Gasteiger partial charge in [0.15, 0.2) is 0 Å². The number of hydrogen-bond donors (Lipinski definition) is 2. The first-order valence-electron chi connectivity index (χ1n) is 3.75. The van der Waals surface area contributed by atoms with E-state index in [1.807, 2.05) is 0 Å². The average Bonchev–Trinajstić information content (AvgIpc) is 2.52. The number of hydrogen-bond acceptors (Lipinski definition) is 4. The van der Waals surface area contributed by atoms with Gasteiger partial charge in [0.1, 0.15) is 0 Å². The van der Waals surface area contributed by atoms with E-state index in [0.717, 1.165) is 6.42 Å². The zero-order valence-corrected chi connectivity index (χ0v) is 8.62. The second-order valence-electron chi connectivity index (χ2n) is 2.57. The van der Waals surface area contributed by atoms with Crippen LogP contribution in [0.5, 0.6) is 0 Å². The van der Waals surface area contributed by atoms with Gasteiger partial charge in [0.2, 0.25) is 0 Å². The number of nitrogens with two attached hydrogens (primary N) is 1. The van der Waals surface area contributed by atoms with Gasteiger partial charge in [-0.2, -0.15) is 0 Å². The van der Waals surface area contributed by atoms with E-state index < -0.39 is 0 Å². The van der Waals surface area contributed by atoms with E-state index in [0.29, 0.717) is 0 Å². The Morgan fingerprint density at radius 1 is 1.67 bits per heavy atom. The Balaban J connectivity index is 2.52. The quantitative estimate of drug-likeness (QED) is 0.726. The minimum absolute atomic E-state index is 0.0620. The summed E-state index contributed by atoms with van der Waals surface area (Å²) in [5, 5.41) is 8.73. The summed E-state index contributed by atoms with van der Waals surface area (Å²) in [6.07, 6.45) is 2.84. The van der Waals surface area contributed by atoms with Crippen LogP contribution >= 0.6 is 23.1 Å². The van der Waals surface area contributed by atoms with Gasteiger partial charge in [-0.1, -0.05) is 0 Å². The molecule has 0 aliphatic heterocycles. The first-order valence-corrected chi connectivity index (χ1v) is 5.79. The van der Waals surface area contributed by atoms with E-state index in [-0.39, 0.29) is 12.6 Å². The number of rotatable bonds is 4. The summed E-state index contributed by atoms with van der Waals surface area (Å²) in [5.74, 6) is 0. The van der Waals surface area contributed by atoms with Crippen molar-refractivity contribution in [1.82, 2.24) is 0 Å². The van der Waals surface area contributed by atoms with Gasteiger partial charge in [-0.15, -0.1) is 23.1 Å². The molecule has 0 saturated carbocycles. The molecule has 1 atom stereocenters. The Labute approximate surface area is 80.8 Å². The van der Waals surface area contributed by atoms with E-state index in [2.05, 4.69) is 18.4 Å². The first-order chi connectivity index (χ1) is 5.76. The van der Waals surface area contributed by atoms with Gasteiger partial charge in [0.05, 0.1) is 10.8 Å². The molecule has 0 aliphatic carbocycles. The summed E-state index contributed by atoms with van der Waals surface area (Å²) >= 11 is 3.49. The highest BCUT2D eigenvalue weighted by molar-refractivity contribution is 8.00. The number of thioether (sulfide) groups is 1.